The number of aliphatic hydroxyl groups is 1. The van der Waals surface area contributed by atoms with Gasteiger partial charge in [0.15, 0.2) is 0 Å². The third kappa shape index (κ3) is 5.61. The molecule has 0 saturated carbocycles. The van der Waals surface area contributed by atoms with Crippen molar-refractivity contribution in [2.75, 3.05) is 13.1 Å². The van der Waals surface area contributed by atoms with E-state index in [-0.39, 0.29) is 11.6 Å². The second-order valence-electron chi connectivity index (χ2n) is 5.01. The molecule has 0 radical (unpaired) electrons. The molecule has 0 amide bonds. The molecule has 1 unspecified atom stereocenters. The molecule has 2 heteroatoms. The molecule has 14 heavy (non-hydrogen) atoms. The predicted octanol–water partition coefficient (Wildman–Crippen LogP) is 2.66. The second-order valence-corrected chi connectivity index (χ2v) is 5.01. The number of aliphatic hydroxyl groups excluding tert-OH is 1. The third-order valence-electron chi connectivity index (χ3n) is 2.65. The Kier molecular flexibility index (Phi) is 6.38. The molecule has 0 bridgehead atoms. The zero-order valence-electron chi connectivity index (χ0n) is 10.5. The van der Waals surface area contributed by atoms with Crippen molar-refractivity contribution in [2.45, 2.75) is 65.5 Å². The van der Waals surface area contributed by atoms with E-state index in [1.807, 2.05) is 0 Å². The van der Waals surface area contributed by atoms with Crippen LogP contribution in [0.3, 0.4) is 0 Å². The van der Waals surface area contributed by atoms with Crippen LogP contribution in [0.2, 0.25) is 0 Å². The van der Waals surface area contributed by atoms with Crippen LogP contribution >= 0.6 is 0 Å². The quantitative estimate of drug-likeness (QED) is 0.714. The highest BCUT2D eigenvalue weighted by molar-refractivity contribution is 4.77. The number of rotatable bonds is 6. The van der Waals surface area contributed by atoms with Crippen molar-refractivity contribution in [3.63, 3.8) is 0 Å². The summed E-state index contributed by atoms with van der Waals surface area (Å²) in [5, 5.41) is 9.80. The summed E-state index contributed by atoms with van der Waals surface area (Å²) in [4.78, 5) is 2.33. The Labute approximate surface area is 89.3 Å². The number of hydrogen-bond acceptors (Lipinski definition) is 2. The molecule has 0 aliphatic heterocycles. The molecule has 0 aromatic rings. The first-order valence-corrected chi connectivity index (χ1v) is 5.84. The summed E-state index contributed by atoms with van der Waals surface area (Å²) in [6, 6.07) is 0. The number of nitrogens with zero attached hydrogens (tertiary/aromatic N) is 1. The monoisotopic (exact) mass is 201 g/mol. The van der Waals surface area contributed by atoms with E-state index in [0.717, 1.165) is 25.9 Å². The van der Waals surface area contributed by atoms with Gasteiger partial charge in [-0.3, -0.25) is 4.90 Å². The fourth-order valence-electron chi connectivity index (χ4n) is 1.66. The van der Waals surface area contributed by atoms with Crippen molar-refractivity contribution in [3.8, 4) is 0 Å². The molecule has 0 spiro atoms. The van der Waals surface area contributed by atoms with Crippen molar-refractivity contribution in [1.82, 2.24) is 4.90 Å². The van der Waals surface area contributed by atoms with Crippen LogP contribution in [0.5, 0.6) is 0 Å². The minimum atomic E-state index is -0.158. The van der Waals surface area contributed by atoms with E-state index >= 15 is 0 Å². The van der Waals surface area contributed by atoms with E-state index in [1.54, 1.807) is 0 Å². The first-order chi connectivity index (χ1) is 6.41. The second kappa shape index (κ2) is 6.41. The summed E-state index contributed by atoms with van der Waals surface area (Å²) in [7, 11) is 0. The van der Waals surface area contributed by atoms with Crippen molar-refractivity contribution < 1.29 is 5.11 Å². The lowest BCUT2D eigenvalue weighted by atomic mass is 10.0. The van der Waals surface area contributed by atoms with Gasteiger partial charge < -0.3 is 5.11 Å². The molecule has 1 N–H and O–H groups in total. The summed E-state index contributed by atoms with van der Waals surface area (Å²) < 4.78 is 0. The van der Waals surface area contributed by atoms with Crippen LogP contribution in [-0.2, 0) is 0 Å². The zero-order valence-corrected chi connectivity index (χ0v) is 10.5. The van der Waals surface area contributed by atoms with Gasteiger partial charge in [0.05, 0.1) is 6.10 Å². The van der Waals surface area contributed by atoms with E-state index in [0.29, 0.717) is 0 Å². The van der Waals surface area contributed by atoms with E-state index in [1.165, 1.54) is 6.42 Å². The molecule has 0 fully saturated rings. The molecular formula is C12H27NO. The first-order valence-electron chi connectivity index (χ1n) is 5.84. The summed E-state index contributed by atoms with van der Waals surface area (Å²) in [6.07, 6.45) is 3.07. The predicted molar refractivity (Wildman–Crippen MR) is 62.5 cm³/mol. The average Bonchev–Trinajstić information content (AvgIpc) is 2.08. The lowest BCUT2D eigenvalue weighted by molar-refractivity contribution is 0.0574. The van der Waals surface area contributed by atoms with Gasteiger partial charge in [-0.15, -0.1) is 0 Å². The summed E-state index contributed by atoms with van der Waals surface area (Å²) >= 11 is 0. The number of β-amino-alcohol motifs (C(OH)–C–C–N with tert-alkyl or cyclic N) is 1. The van der Waals surface area contributed by atoms with Gasteiger partial charge in [-0.05, 0) is 33.7 Å². The molecule has 0 aliphatic carbocycles. The van der Waals surface area contributed by atoms with Gasteiger partial charge in [-0.1, -0.05) is 26.7 Å². The Morgan fingerprint density at radius 3 is 2.14 bits per heavy atom. The van der Waals surface area contributed by atoms with Crippen molar-refractivity contribution in [3.05, 3.63) is 0 Å². The minimum absolute atomic E-state index is 0.158. The Morgan fingerprint density at radius 1 is 1.21 bits per heavy atom. The van der Waals surface area contributed by atoms with Crippen LogP contribution in [0.4, 0.5) is 0 Å². The van der Waals surface area contributed by atoms with Gasteiger partial charge in [-0.25, -0.2) is 0 Å². The molecular weight excluding hydrogens is 174 g/mol. The number of hydrogen-bond donors (Lipinski definition) is 1. The molecule has 0 saturated heterocycles. The highest BCUT2D eigenvalue weighted by Gasteiger charge is 2.21. The largest absolute Gasteiger partial charge is 0.392 e. The minimum Gasteiger partial charge on any atom is -0.392 e. The van der Waals surface area contributed by atoms with Gasteiger partial charge in [-0.2, -0.15) is 0 Å². The van der Waals surface area contributed by atoms with Crippen LogP contribution in [0.1, 0.15) is 53.9 Å². The van der Waals surface area contributed by atoms with E-state index in [2.05, 4.69) is 39.5 Å². The SMILES string of the molecule is CCCCC(O)CN(CC)C(C)(C)C. The fourth-order valence-corrected chi connectivity index (χ4v) is 1.66. The number of likely N-dealkylation sites (N-methyl/N-ethyl adjacent to an activating group) is 1. The normalized spacial score (nSPS) is 14.8. The van der Waals surface area contributed by atoms with Crippen LogP contribution in [0.25, 0.3) is 0 Å². The Morgan fingerprint density at radius 2 is 1.79 bits per heavy atom. The summed E-state index contributed by atoms with van der Waals surface area (Å²) in [5.74, 6) is 0. The summed E-state index contributed by atoms with van der Waals surface area (Å²) in [5.41, 5.74) is 0.169. The van der Waals surface area contributed by atoms with Crippen molar-refractivity contribution >= 4 is 0 Å². The maximum atomic E-state index is 9.80. The highest BCUT2D eigenvalue weighted by atomic mass is 16.3. The molecule has 0 aromatic carbocycles. The van der Waals surface area contributed by atoms with Gasteiger partial charge in [0.25, 0.3) is 0 Å². The molecule has 1 atom stereocenters. The van der Waals surface area contributed by atoms with Gasteiger partial charge in [0.1, 0.15) is 0 Å². The van der Waals surface area contributed by atoms with Crippen LogP contribution in [0.15, 0.2) is 0 Å². The van der Waals surface area contributed by atoms with Gasteiger partial charge >= 0.3 is 0 Å². The smallest absolute Gasteiger partial charge is 0.0667 e. The fraction of sp³-hybridized carbons (Fsp3) is 1.00. The Hall–Kier alpha value is -0.0800. The maximum absolute atomic E-state index is 9.80. The maximum Gasteiger partial charge on any atom is 0.0667 e. The molecule has 0 aliphatic rings. The Balaban J connectivity index is 3.93. The van der Waals surface area contributed by atoms with Gasteiger partial charge in [0.2, 0.25) is 0 Å². The van der Waals surface area contributed by atoms with Crippen molar-refractivity contribution in [2.24, 2.45) is 0 Å². The molecule has 2 nitrogen and oxygen atoms in total. The standard InChI is InChI=1S/C12H27NO/c1-6-8-9-11(14)10-13(7-2)12(3,4)5/h11,14H,6-10H2,1-5H3. The van der Waals surface area contributed by atoms with E-state index in [9.17, 15) is 5.11 Å². The molecule has 86 valence electrons. The van der Waals surface area contributed by atoms with Crippen LogP contribution < -0.4 is 0 Å². The van der Waals surface area contributed by atoms with Crippen LogP contribution in [-0.4, -0.2) is 34.7 Å². The molecule has 0 rings (SSSR count). The van der Waals surface area contributed by atoms with E-state index < -0.39 is 0 Å². The van der Waals surface area contributed by atoms with E-state index in [4.69, 9.17) is 0 Å². The average molecular weight is 201 g/mol. The molecule has 0 heterocycles. The zero-order chi connectivity index (χ0) is 11.2. The highest BCUT2D eigenvalue weighted by Crippen LogP contribution is 2.14. The third-order valence-corrected chi connectivity index (χ3v) is 2.65. The number of unbranched alkanes of at least 4 members (excludes halogenated alkanes) is 1. The molecule has 0 aromatic heterocycles. The van der Waals surface area contributed by atoms with Crippen LogP contribution in [0, 0.1) is 0 Å². The van der Waals surface area contributed by atoms with Gasteiger partial charge in [0, 0.05) is 12.1 Å². The topological polar surface area (TPSA) is 23.5 Å². The summed E-state index contributed by atoms with van der Waals surface area (Å²) in [6.45, 7) is 12.7. The lowest BCUT2D eigenvalue weighted by Crippen LogP contribution is -2.45. The first kappa shape index (κ1) is 13.9. The Bertz CT molecular complexity index is 140. The lowest BCUT2D eigenvalue weighted by Gasteiger charge is -2.36. The van der Waals surface area contributed by atoms with Crippen molar-refractivity contribution in [1.29, 1.82) is 0 Å².